The van der Waals surface area contributed by atoms with E-state index < -0.39 is 11.6 Å². The van der Waals surface area contributed by atoms with Crippen molar-refractivity contribution in [3.05, 3.63) is 64.5 Å². The Labute approximate surface area is 283 Å². The number of carbonyl (C=O) groups excluding carboxylic acids is 2. The molecular weight excluding hydrogens is 591 g/mol. The molecule has 2 aromatic rings. The minimum absolute atomic E-state index is 0.129. The standard InChI is InChI=1S/C40H59FN2O4/c1-2-3-4-5-6-7-8-9-10-11-12-13-14-15-16-17-24-42-25-29-46-31-27-43(28-32-47-30-26-42)36-23-19-21-34-38(36)40(45)37-33(39(34)44)20-18-22-35(37)41/h18-23H,2-17,24-32H2,1H3. The van der Waals surface area contributed by atoms with Crippen molar-refractivity contribution in [2.45, 2.75) is 110 Å². The van der Waals surface area contributed by atoms with Crippen LogP contribution in [0.4, 0.5) is 10.1 Å². The molecule has 0 aromatic heterocycles. The summed E-state index contributed by atoms with van der Waals surface area (Å²) in [5, 5.41) is 0. The van der Waals surface area contributed by atoms with Crippen molar-refractivity contribution < 1.29 is 23.5 Å². The van der Waals surface area contributed by atoms with Gasteiger partial charge in [0.15, 0.2) is 11.6 Å². The fourth-order valence-electron chi connectivity index (χ4n) is 6.96. The minimum atomic E-state index is -0.661. The normalized spacial score (nSPS) is 16.4. The molecule has 0 N–H and O–H groups in total. The first-order chi connectivity index (χ1) is 23.1. The third-order valence-electron chi connectivity index (χ3n) is 9.78. The molecule has 2 aromatic carbocycles. The van der Waals surface area contributed by atoms with Crippen LogP contribution in [-0.2, 0) is 9.47 Å². The van der Waals surface area contributed by atoms with Crippen LogP contribution in [0, 0.1) is 5.82 Å². The molecule has 0 atom stereocenters. The largest absolute Gasteiger partial charge is 0.378 e. The van der Waals surface area contributed by atoms with E-state index in [0.29, 0.717) is 50.8 Å². The van der Waals surface area contributed by atoms with Gasteiger partial charge in [0.2, 0.25) is 0 Å². The fourth-order valence-corrected chi connectivity index (χ4v) is 6.96. The summed E-state index contributed by atoms with van der Waals surface area (Å²) in [6.07, 6.45) is 22.1. The Kier molecular flexibility index (Phi) is 16.9. The monoisotopic (exact) mass is 650 g/mol. The Morgan fingerprint density at radius 1 is 0.574 bits per heavy atom. The average Bonchev–Trinajstić information content (AvgIpc) is 3.07. The molecule has 0 unspecified atom stereocenters. The van der Waals surface area contributed by atoms with Crippen LogP contribution >= 0.6 is 0 Å². The number of fused-ring (bicyclic) bond motifs is 2. The van der Waals surface area contributed by atoms with E-state index in [2.05, 4.69) is 11.8 Å². The topological polar surface area (TPSA) is 59.1 Å². The van der Waals surface area contributed by atoms with Gasteiger partial charge in [0.25, 0.3) is 0 Å². The lowest BCUT2D eigenvalue weighted by Crippen LogP contribution is -2.37. The minimum Gasteiger partial charge on any atom is -0.378 e. The highest BCUT2D eigenvalue weighted by Gasteiger charge is 2.34. The lowest BCUT2D eigenvalue weighted by Gasteiger charge is -2.30. The molecule has 0 bridgehead atoms. The fraction of sp³-hybridized carbons (Fsp3) is 0.650. The summed E-state index contributed by atoms with van der Waals surface area (Å²) in [6, 6.07) is 9.51. The van der Waals surface area contributed by atoms with Crippen molar-refractivity contribution in [2.75, 3.05) is 64.1 Å². The number of benzene rings is 2. The van der Waals surface area contributed by atoms with Gasteiger partial charge in [0.05, 0.1) is 37.6 Å². The van der Waals surface area contributed by atoms with E-state index in [4.69, 9.17) is 9.47 Å². The van der Waals surface area contributed by atoms with Crippen LogP contribution in [0.1, 0.15) is 141 Å². The maximum Gasteiger partial charge on any atom is 0.199 e. The van der Waals surface area contributed by atoms with E-state index in [-0.39, 0.29) is 22.5 Å². The van der Waals surface area contributed by atoms with E-state index >= 15 is 0 Å². The Bertz CT molecular complexity index is 1220. The molecule has 0 radical (unpaired) electrons. The molecule has 1 fully saturated rings. The van der Waals surface area contributed by atoms with Gasteiger partial charge in [-0.3, -0.25) is 14.5 Å². The number of halogens is 1. The van der Waals surface area contributed by atoms with Crippen LogP contribution in [0.25, 0.3) is 0 Å². The predicted molar refractivity (Wildman–Crippen MR) is 190 cm³/mol. The number of carbonyl (C=O) groups is 2. The van der Waals surface area contributed by atoms with Gasteiger partial charge in [-0.1, -0.05) is 128 Å². The predicted octanol–water partition coefficient (Wildman–Crippen LogP) is 9.02. The van der Waals surface area contributed by atoms with Gasteiger partial charge in [0, 0.05) is 43.0 Å². The second-order valence-electron chi connectivity index (χ2n) is 13.4. The van der Waals surface area contributed by atoms with Crippen molar-refractivity contribution in [1.82, 2.24) is 4.90 Å². The highest BCUT2D eigenvalue weighted by atomic mass is 19.1. The number of anilines is 1. The molecule has 0 spiro atoms. The first kappa shape index (κ1) is 37.2. The Balaban J connectivity index is 1.11. The maximum atomic E-state index is 14.7. The summed E-state index contributed by atoms with van der Waals surface area (Å²) in [6.45, 7) is 8.43. The number of nitrogens with zero attached hydrogens (tertiary/aromatic N) is 2. The maximum absolute atomic E-state index is 14.7. The first-order valence-corrected chi connectivity index (χ1v) is 18.8. The smallest absolute Gasteiger partial charge is 0.199 e. The Hall–Kier alpha value is -2.61. The second kappa shape index (κ2) is 21.4. The molecule has 1 aliphatic heterocycles. The zero-order chi connectivity index (χ0) is 33.1. The van der Waals surface area contributed by atoms with E-state index in [9.17, 15) is 14.0 Å². The second-order valence-corrected chi connectivity index (χ2v) is 13.4. The molecular formula is C40H59FN2O4. The van der Waals surface area contributed by atoms with Gasteiger partial charge in [-0.25, -0.2) is 4.39 Å². The lowest BCUT2D eigenvalue weighted by molar-refractivity contribution is 0.0702. The van der Waals surface area contributed by atoms with Crippen LogP contribution in [0.15, 0.2) is 36.4 Å². The molecule has 1 heterocycles. The van der Waals surface area contributed by atoms with Crippen molar-refractivity contribution in [2.24, 2.45) is 0 Å². The SMILES string of the molecule is CCCCCCCCCCCCCCCCCCN1CCOCCN(c2cccc3c2C(=O)c2c(F)cccc2C3=O)CCOCC1. The quantitative estimate of drug-likeness (QED) is 0.128. The zero-order valence-corrected chi connectivity index (χ0v) is 29.0. The summed E-state index contributed by atoms with van der Waals surface area (Å²) in [4.78, 5) is 31.2. The highest BCUT2D eigenvalue weighted by Crippen LogP contribution is 2.35. The Morgan fingerprint density at radius 3 is 1.60 bits per heavy atom. The van der Waals surface area contributed by atoms with Crippen LogP contribution in [0.3, 0.4) is 0 Å². The molecule has 0 amide bonds. The zero-order valence-electron chi connectivity index (χ0n) is 29.0. The van der Waals surface area contributed by atoms with Gasteiger partial charge in [-0.05, 0) is 25.1 Å². The third kappa shape index (κ3) is 11.8. The van der Waals surface area contributed by atoms with E-state index in [0.717, 1.165) is 19.6 Å². The summed E-state index contributed by atoms with van der Waals surface area (Å²) >= 11 is 0. The number of unbranched alkanes of at least 4 members (excludes halogenated alkanes) is 15. The molecule has 1 aliphatic carbocycles. The van der Waals surface area contributed by atoms with Crippen LogP contribution in [0.2, 0.25) is 0 Å². The number of hydrogen-bond acceptors (Lipinski definition) is 6. The van der Waals surface area contributed by atoms with Gasteiger partial charge < -0.3 is 14.4 Å². The summed E-state index contributed by atoms with van der Waals surface area (Å²) < 4.78 is 26.8. The molecule has 0 saturated carbocycles. The third-order valence-corrected chi connectivity index (χ3v) is 9.78. The van der Waals surface area contributed by atoms with Gasteiger partial charge in [-0.15, -0.1) is 0 Å². The van der Waals surface area contributed by atoms with Crippen LogP contribution < -0.4 is 4.90 Å². The number of ketones is 2. The molecule has 4 rings (SSSR count). The van der Waals surface area contributed by atoms with Gasteiger partial charge in [0.1, 0.15) is 5.82 Å². The molecule has 6 nitrogen and oxygen atoms in total. The van der Waals surface area contributed by atoms with E-state index in [1.807, 2.05) is 11.0 Å². The number of hydrogen-bond donors (Lipinski definition) is 0. The van der Waals surface area contributed by atoms with Crippen molar-refractivity contribution in [3.63, 3.8) is 0 Å². The van der Waals surface area contributed by atoms with E-state index in [1.54, 1.807) is 12.1 Å². The summed E-state index contributed by atoms with van der Waals surface area (Å²) in [7, 11) is 0. The summed E-state index contributed by atoms with van der Waals surface area (Å²) in [5.74, 6) is -1.42. The van der Waals surface area contributed by atoms with Gasteiger partial charge in [-0.2, -0.15) is 0 Å². The highest BCUT2D eigenvalue weighted by molar-refractivity contribution is 6.30. The Morgan fingerprint density at radius 2 is 1.04 bits per heavy atom. The van der Waals surface area contributed by atoms with Crippen molar-refractivity contribution in [3.8, 4) is 0 Å². The van der Waals surface area contributed by atoms with Crippen molar-refractivity contribution in [1.29, 1.82) is 0 Å². The summed E-state index contributed by atoms with van der Waals surface area (Å²) in [5.41, 5.74) is 1.22. The molecule has 7 heteroatoms. The first-order valence-electron chi connectivity index (χ1n) is 18.8. The molecule has 47 heavy (non-hydrogen) atoms. The molecule has 2 aliphatic rings. The molecule has 260 valence electrons. The lowest BCUT2D eigenvalue weighted by atomic mass is 9.82. The van der Waals surface area contributed by atoms with Crippen LogP contribution in [0.5, 0.6) is 0 Å². The van der Waals surface area contributed by atoms with E-state index in [1.165, 1.54) is 121 Å². The number of rotatable bonds is 18. The number of ether oxygens (including phenoxy) is 2. The van der Waals surface area contributed by atoms with Crippen molar-refractivity contribution >= 4 is 17.3 Å². The van der Waals surface area contributed by atoms with Crippen LogP contribution in [-0.4, -0.2) is 75.6 Å². The molecule has 1 saturated heterocycles. The average molecular weight is 651 g/mol. The van der Waals surface area contributed by atoms with Gasteiger partial charge >= 0.3 is 0 Å².